The summed E-state index contributed by atoms with van der Waals surface area (Å²) in [5.74, 6) is 0.424. The molecule has 170 valence electrons. The molecule has 0 aliphatic heterocycles. The van der Waals surface area contributed by atoms with E-state index in [1.165, 1.54) is 22.3 Å². The van der Waals surface area contributed by atoms with Crippen molar-refractivity contribution in [3.05, 3.63) is 107 Å². The van der Waals surface area contributed by atoms with Gasteiger partial charge in [0, 0.05) is 17.3 Å². The Bertz CT molecular complexity index is 1530. The Labute approximate surface area is 207 Å². The van der Waals surface area contributed by atoms with Crippen molar-refractivity contribution in [3.8, 4) is 51.0 Å². The topological polar surface area (TPSA) is 49.6 Å². The van der Waals surface area contributed by atoms with Gasteiger partial charge in [0.15, 0.2) is 0 Å². The van der Waals surface area contributed by atoms with E-state index >= 15 is 0 Å². The van der Waals surface area contributed by atoms with Crippen LogP contribution in [0, 0.1) is 25.2 Å². The molecule has 1 aromatic carbocycles. The number of fused-ring (bicyclic) bond motifs is 1. The molecule has 2 aliphatic carbocycles. The minimum Gasteiger partial charge on any atom is -0.255 e. The molecule has 0 N–H and O–H groups in total. The lowest BCUT2D eigenvalue weighted by atomic mass is 9.93. The minimum atomic E-state index is 0.424. The molecule has 0 saturated heterocycles. The number of benzene rings is 1. The second kappa shape index (κ2) is 9.16. The highest BCUT2D eigenvalue weighted by Crippen LogP contribution is 2.44. The van der Waals surface area contributed by atoms with Crippen molar-refractivity contribution in [2.75, 3.05) is 0 Å². The summed E-state index contributed by atoms with van der Waals surface area (Å²) in [5.41, 5.74) is 11.7. The molecule has 35 heavy (non-hydrogen) atoms. The van der Waals surface area contributed by atoms with Crippen molar-refractivity contribution >= 4 is 0 Å². The van der Waals surface area contributed by atoms with Crippen LogP contribution in [-0.2, 0) is 0 Å². The second-order valence-corrected chi connectivity index (χ2v) is 9.32. The summed E-state index contributed by atoms with van der Waals surface area (Å²) in [4.78, 5) is 9.62. The zero-order valence-electron chi connectivity index (χ0n) is 20.5. The normalized spacial score (nSPS) is 11.1. The molecule has 0 atom stereocenters. The number of hydrogen-bond donors (Lipinski definition) is 0. The Balaban J connectivity index is 1.85. The first-order chi connectivity index (χ1) is 17.0. The van der Waals surface area contributed by atoms with Gasteiger partial charge in [-0.3, -0.25) is 4.98 Å². The van der Waals surface area contributed by atoms with Gasteiger partial charge in [0.25, 0.3) is 0 Å². The van der Waals surface area contributed by atoms with Crippen molar-refractivity contribution in [1.29, 1.82) is 5.26 Å². The van der Waals surface area contributed by atoms with E-state index in [1.807, 2.05) is 54.6 Å². The number of pyridine rings is 2. The van der Waals surface area contributed by atoms with Crippen molar-refractivity contribution < 1.29 is 0 Å². The quantitative estimate of drug-likeness (QED) is 0.275. The van der Waals surface area contributed by atoms with E-state index in [9.17, 15) is 5.26 Å². The van der Waals surface area contributed by atoms with Crippen LogP contribution in [-0.4, -0.2) is 9.97 Å². The second-order valence-electron chi connectivity index (χ2n) is 9.32. The maximum absolute atomic E-state index is 10.4. The summed E-state index contributed by atoms with van der Waals surface area (Å²) in [6.45, 7) is 8.71. The van der Waals surface area contributed by atoms with Gasteiger partial charge >= 0.3 is 0 Å². The van der Waals surface area contributed by atoms with Crippen LogP contribution in [0.1, 0.15) is 42.0 Å². The van der Waals surface area contributed by atoms with E-state index in [2.05, 4.69) is 63.0 Å². The lowest BCUT2D eigenvalue weighted by Gasteiger charge is -2.14. The number of nitrogens with zero attached hydrogens (tertiary/aromatic N) is 3. The zero-order chi connectivity index (χ0) is 24.5. The molecule has 5 rings (SSSR count). The summed E-state index contributed by atoms with van der Waals surface area (Å²) < 4.78 is 0. The summed E-state index contributed by atoms with van der Waals surface area (Å²) >= 11 is 0. The summed E-state index contributed by atoms with van der Waals surface area (Å²) in [6.07, 6.45) is 1.77. The predicted octanol–water partition coefficient (Wildman–Crippen LogP) is 8.19. The fraction of sp³-hybridized carbons (Fsp3) is 0.156. The lowest BCUT2D eigenvalue weighted by Crippen LogP contribution is -1.98. The number of aromatic nitrogens is 2. The number of aryl methyl sites for hydroxylation is 2. The Morgan fingerprint density at radius 3 is 2.20 bits per heavy atom. The third-order valence-corrected chi connectivity index (χ3v) is 6.62. The Kier molecular flexibility index (Phi) is 5.89. The molecule has 3 heteroatoms. The summed E-state index contributed by atoms with van der Waals surface area (Å²) in [5, 5.41) is 10.4. The number of nitriles is 1. The largest absolute Gasteiger partial charge is 0.255 e. The molecule has 0 fully saturated rings. The van der Waals surface area contributed by atoms with Crippen LogP contribution in [0.5, 0.6) is 0 Å². The van der Waals surface area contributed by atoms with E-state index in [1.54, 1.807) is 6.20 Å². The SMILES string of the molecule is Cc1cc(-c2nc(-c3ccccn3)cc(-c3ccccc3)c2C#N)c2c(C)ccc(C(C)C)cc1-2. The van der Waals surface area contributed by atoms with Gasteiger partial charge in [0.1, 0.15) is 6.07 Å². The van der Waals surface area contributed by atoms with Gasteiger partial charge in [-0.15, -0.1) is 0 Å². The van der Waals surface area contributed by atoms with Crippen LogP contribution in [0.15, 0.2) is 85.1 Å². The Hall–Kier alpha value is -4.29. The average Bonchev–Trinajstić information content (AvgIpc) is 3.10. The van der Waals surface area contributed by atoms with Crippen molar-refractivity contribution in [1.82, 2.24) is 9.97 Å². The molecule has 0 spiro atoms. The maximum Gasteiger partial charge on any atom is 0.102 e. The van der Waals surface area contributed by atoms with E-state index in [4.69, 9.17) is 4.98 Å². The third-order valence-electron chi connectivity index (χ3n) is 6.62. The van der Waals surface area contributed by atoms with Crippen molar-refractivity contribution in [2.45, 2.75) is 33.6 Å². The predicted molar refractivity (Wildman–Crippen MR) is 143 cm³/mol. The molecular weight excluding hydrogens is 426 g/mol. The molecule has 0 amide bonds. The lowest BCUT2D eigenvalue weighted by molar-refractivity contribution is 0.868. The molecular formula is C32H27N3. The maximum atomic E-state index is 10.4. The first kappa shape index (κ1) is 22.5. The molecule has 0 bridgehead atoms. The smallest absolute Gasteiger partial charge is 0.102 e. The monoisotopic (exact) mass is 453 g/mol. The standard InChI is InChI=1S/C32H27N3/c1-20(2)24-14-13-21(3)31-25(17-24)22(4)16-27(31)32-28(19-33)26(23-10-6-5-7-11-23)18-30(35-32)29-12-8-9-15-34-29/h5-18,20H,1-4H3. The molecule has 3 nitrogen and oxygen atoms in total. The van der Waals surface area contributed by atoms with Crippen molar-refractivity contribution in [2.24, 2.45) is 0 Å². The van der Waals surface area contributed by atoms with Gasteiger partial charge in [-0.25, -0.2) is 4.98 Å². The first-order valence-electron chi connectivity index (χ1n) is 11.9. The van der Waals surface area contributed by atoms with Gasteiger partial charge in [-0.2, -0.15) is 5.26 Å². The number of hydrogen-bond acceptors (Lipinski definition) is 3. The van der Waals surface area contributed by atoms with Crippen LogP contribution in [0.4, 0.5) is 0 Å². The molecule has 0 radical (unpaired) electrons. The molecule has 0 unspecified atom stereocenters. The average molecular weight is 454 g/mol. The van der Waals surface area contributed by atoms with Crippen molar-refractivity contribution in [3.63, 3.8) is 0 Å². The van der Waals surface area contributed by atoms with Crippen LogP contribution in [0.2, 0.25) is 0 Å². The van der Waals surface area contributed by atoms with Gasteiger partial charge in [0.2, 0.25) is 0 Å². The minimum absolute atomic E-state index is 0.424. The Morgan fingerprint density at radius 1 is 0.743 bits per heavy atom. The highest BCUT2D eigenvalue weighted by atomic mass is 14.8. The van der Waals surface area contributed by atoms with Crippen LogP contribution < -0.4 is 0 Å². The summed E-state index contributed by atoms with van der Waals surface area (Å²) in [6, 6.07) is 29.2. The highest BCUT2D eigenvalue weighted by molar-refractivity contribution is 5.94. The van der Waals surface area contributed by atoms with E-state index in [-0.39, 0.29) is 0 Å². The van der Waals surface area contributed by atoms with Gasteiger partial charge in [0.05, 0.1) is 22.6 Å². The molecule has 2 aliphatic rings. The van der Waals surface area contributed by atoms with Gasteiger partial charge < -0.3 is 0 Å². The van der Waals surface area contributed by atoms with Crippen LogP contribution in [0.3, 0.4) is 0 Å². The molecule has 3 aromatic rings. The third kappa shape index (κ3) is 4.09. The molecule has 0 saturated carbocycles. The fourth-order valence-electron chi connectivity index (χ4n) is 4.73. The first-order valence-corrected chi connectivity index (χ1v) is 11.9. The Morgan fingerprint density at radius 2 is 1.51 bits per heavy atom. The number of rotatable bonds is 4. The highest BCUT2D eigenvalue weighted by Gasteiger charge is 2.24. The fourth-order valence-corrected chi connectivity index (χ4v) is 4.73. The molecule has 2 aromatic heterocycles. The molecule has 2 heterocycles. The van der Waals surface area contributed by atoms with Crippen LogP contribution in [0.25, 0.3) is 44.9 Å². The summed E-state index contributed by atoms with van der Waals surface area (Å²) in [7, 11) is 0. The van der Waals surface area contributed by atoms with E-state index in [0.29, 0.717) is 17.2 Å². The van der Waals surface area contributed by atoms with Gasteiger partial charge in [-0.1, -0.05) is 68.4 Å². The van der Waals surface area contributed by atoms with Crippen LogP contribution >= 0.6 is 0 Å². The van der Waals surface area contributed by atoms with E-state index < -0.39 is 0 Å². The van der Waals surface area contributed by atoms with Gasteiger partial charge in [-0.05, 0) is 77.4 Å². The van der Waals surface area contributed by atoms with E-state index in [0.717, 1.165) is 33.6 Å². The zero-order valence-corrected chi connectivity index (χ0v) is 20.5.